The maximum atomic E-state index is 12.7. The molecule has 0 radical (unpaired) electrons. The van der Waals surface area contributed by atoms with Crippen LogP contribution >= 0.6 is 22.9 Å². The Morgan fingerprint density at radius 2 is 1.84 bits per heavy atom. The average Bonchev–Trinajstić information content (AvgIpc) is 2.97. The van der Waals surface area contributed by atoms with Crippen molar-refractivity contribution in [2.75, 3.05) is 12.4 Å². The molecule has 0 bridgehead atoms. The maximum Gasteiger partial charge on any atom is 0.267 e. The van der Waals surface area contributed by atoms with E-state index in [1.165, 1.54) is 11.3 Å². The molecule has 0 aliphatic rings. The second kappa shape index (κ2) is 6.39. The van der Waals surface area contributed by atoms with Crippen LogP contribution in [-0.2, 0) is 0 Å². The smallest absolute Gasteiger partial charge is 0.267 e. The Hall–Kier alpha value is -2.56. The lowest BCUT2D eigenvalue weighted by atomic mass is 10.1. The maximum absolute atomic E-state index is 12.7. The van der Waals surface area contributed by atoms with Crippen molar-refractivity contribution in [1.82, 2.24) is 0 Å². The minimum atomic E-state index is -0.208. The van der Waals surface area contributed by atoms with E-state index >= 15 is 0 Å². The molecule has 4 rings (SSSR count). The van der Waals surface area contributed by atoms with E-state index in [9.17, 15) is 4.79 Å². The molecular weight excluding hydrogens is 354 g/mol. The standard InChI is InChI=1S/C20H14ClNO2S/c1-24-15-8-9-16-17(11-15)25-19(18(16)21)20(23)22-14-7-6-12-4-2-3-5-13(12)10-14/h2-11H,1H3,(H,22,23). The number of halogens is 1. The average molecular weight is 368 g/mol. The molecule has 3 nitrogen and oxygen atoms in total. The van der Waals surface area contributed by atoms with Gasteiger partial charge in [0.05, 0.1) is 12.1 Å². The molecule has 3 aromatic carbocycles. The number of fused-ring (bicyclic) bond motifs is 2. The third-order valence-electron chi connectivity index (χ3n) is 4.05. The van der Waals surface area contributed by atoms with Gasteiger partial charge in [-0.15, -0.1) is 11.3 Å². The zero-order valence-corrected chi connectivity index (χ0v) is 14.9. The fraction of sp³-hybridized carbons (Fsp3) is 0.0500. The predicted molar refractivity (Wildman–Crippen MR) is 105 cm³/mol. The highest BCUT2D eigenvalue weighted by Crippen LogP contribution is 2.37. The van der Waals surface area contributed by atoms with Gasteiger partial charge in [-0.1, -0.05) is 41.9 Å². The van der Waals surface area contributed by atoms with Crippen molar-refractivity contribution in [2.45, 2.75) is 0 Å². The van der Waals surface area contributed by atoms with Crippen molar-refractivity contribution in [1.29, 1.82) is 0 Å². The molecule has 5 heteroatoms. The van der Waals surface area contributed by atoms with Crippen LogP contribution in [-0.4, -0.2) is 13.0 Å². The lowest BCUT2D eigenvalue weighted by molar-refractivity contribution is 0.103. The molecule has 1 amide bonds. The van der Waals surface area contributed by atoms with Crippen molar-refractivity contribution in [3.63, 3.8) is 0 Å². The van der Waals surface area contributed by atoms with Gasteiger partial charge in [-0.2, -0.15) is 0 Å². The molecule has 1 N–H and O–H groups in total. The van der Waals surface area contributed by atoms with E-state index in [0.717, 1.165) is 32.3 Å². The van der Waals surface area contributed by atoms with Gasteiger partial charge in [0, 0.05) is 15.8 Å². The highest BCUT2D eigenvalue weighted by molar-refractivity contribution is 7.21. The third kappa shape index (κ3) is 2.95. The van der Waals surface area contributed by atoms with Gasteiger partial charge in [-0.3, -0.25) is 4.79 Å². The van der Waals surface area contributed by atoms with Gasteiger partial charge < -0.3 is 10.1 Å². The van der Waals surface area contributed by atoms with Crippen molar-refractivity contribution in [3.05, 3.63) is 70.6 Å². The number of rotatable bonds is 3. The predicted octanol–water partition coefficient (Wildman–Crippen LogP) is 5.97. The molecule has 25 heavy (non-hydrogen) atoms. The van der Waals surface area contributed by atoms with Crippen molar-refractivity contribution < 1.29 is 9.53 Å². The molecule has 0 saturated carbocycles. The summed E-state index contributed by atoms with van der Waals surface area (Å²) in [4.78, 5) is 13.2. The SMILES string of the molecule is COc1ccc2c(Cl)c(C(=O)Nc3ccc4ccccc4c3)sc2c1. The van der Waals surface area contributed by atoms with Crippen LogP contribution < -0.4 is 10.1 Å². The number of ether oxygens (including phenoxy) is 1. The quantitative estimate of drug-likeness (QED) is 0.484. The molecule has 0 aliphatic carbocycles. The van der Waals surface area contributed by atoms with Gasteiger partial charge in [-0.05, 0) is 41.1 Å². The Balaban J connectivity index is 1.67. The van der Waals surface area contributed by atoms with Crippen LogP contribution in [0.25, 0.3) is 20.9 Å². The molecule has 0 atom stereocenters. The number of carbonyl (C=O) groups is 1. The lowest BCUT2D eigenvalue weighted by Crippen LogP contribution is -2.10. The zero-order valence-electron chi connectivity index (χ0n) is 13.4. The minimum Gasteiger partial charge on any atom is -0.497 e. The summed E-state index contributed by atoms with van der Waals surface area (Å²) in [6.07, 6.45) is 0. The first-order chi connectivity index (χ1) is 12.2. The van der Waals surface area contributed by atoms with E-state index in [-0.39, 0.29) is 5.91 Å². The Labute approximate surface area is 153 Å². The molecule has 0 aliphatic heterocycles. The Morgan fingerprint density at radius 3 is 2.64 bits per heavy atom. The van der Waals surface area contributed by atoms with Crippen LogP contribution in [0.4, 0.5) is 5.69 Å². The van der Waals surface area contributed by atoms with Gasteiger partial charge in [0.2, 0.25) is 0 Å². The highest BCUT2D eigenvalue weighted by Gasteiger charge is 2.17. The third-order valence-corrected chi connectivity index (χ3v) is 5.71. The van der Waals surface area contributed by atoms with Crippen molar-refractivity contribution in [2.24, 2.45) is 0 Å². The molecule has 1 aromatic heterocycles. The molecule has 124 valence electrons. The number of carbonyl (C=O) groups excluding carboxylic acids is 1. The number of hydrogen-bond donors (Lipinski definition) is 1. The van der Waals surface area contributed by atoms with E-state index in [4.69, 9.17) is 16.3 Å². The van der Waals surface area contributed by atoms with Crippen LogP contribution in [0.1, 0.15) is 9.67 Å². The number of nitrogens with one attached hydrogen (secondary N) is 1. The number of anilines is 1. The van der Waals surface area contributed by atoms with Crippen LogP contribution in [0.15, 0.2) is 60.7 Å². The van der Waals surface area contributed by atoms with E-state index < -0.39 is 0 Å². The van der Waals surface area contributed by atoms with Crippen LogP contribution in [0.2, 0.25) is 5.02 Å². The summed E-state index contributed by atoms with van der Waals surface area (Å²) in [5.74, 6) is 0.535. The molecule has 0 spiro atoms. The van der Waals surface area contributed by atoms with E-state index in [1.54, 1.807) is 7.11 Å². The molecule has 0 fully saturated rings. The van der Waals surface area contributed by atoms with Crippen molar-refractivity contribution in [3.8, 4) is 5.75 Å². The van der Waals surface area contributed by atoms with Gasteiger partial charge in [0.1, 0.15) is 10.6 Å². The fourth-order valence-corrected chi connectivity index (χ4v) is 4.21. The monoisotopic (exact) mass is 367 g/mol. The highest BCUT2D eigenvalue weighted by atomic mass is 35.5. The summed E-state index contributed by atoms with van der Waals surface area (Å²) in [5, 5.41) is 6.48. The van der Waals surface area contributed by atoms with Crippen molar-refractivity contribution >= 4 is 55.4 Å². The Kier molecular flexibility index (Phi) is 4.07. The lowest BCUT2D eigenvalue weighted by Gasteiger charge is -2.05. The summed E-state index contributed by atoms with van der Waals surface area (Å²) < 4.78 is 6.16. The second-order valence-electron chi connectivity index (χ2n) is 5.62. The molecular formula is C20H14ClNO2S. The number of methoxy groups -OCH3 is 1. The first-order valence-corrected chi connectivity index (χ1v) is 8.91. The largest absolute Gasteiger partial charge is 0.497 e. The number of amides is 1. The van der Waals surface area contributed by atoms with Crippen LogP contribution in [0, 0.1) is 0 Å². The second-order valence-corrected chi connectivity index (χ2v) is 7.05. The Bertz CT molecular complexity index is 1100. The number of thiophene rings is 1. The number of hydrogen-bond acceptors (Lipinski definition) is 3. The van der Waals surface area contributed by atoms with E-state index in [2.05, 4.69) is 5.32 Å². The van der Waals surface area contributed by atoms with E-state index in [1.807, 2.05) is 60.7 Å². The first kappa shape index (κ1) is 15.9. The number of benzene rings is 3. The van der Waals surface area contributed by atoms with Gasteiger partial charge in [0.15, 0.2) is 0 Å². The van der Waals surface area contributed by atoms with E-state index in [0.29, 0.717) is 9.90 Å². The summed E-state index contributed by atoms with van der Waals surface area (Å²) in [6.45, 7) is 0. The van der Waals surface area contributed by atoms with Gasteiger partial charge >= 0.3 is 0 Å². The molecule has 0 saturated heterocycles. The van der Waals surface area contributed by atoms with Gasteiger partial charge in [0.25, 0.3) is 5.91 Å². The fourth-order valence-electron chi connectivity index (χ4n) is 2.77. The molecule has 1 heterocycles. The topological polar surface area (TPSA) is 38.3 Å². The normalized spacial score (nSPS) is 11.0. The van der Waals surface area contributed by atoms with Crippen LogP contribution in [0.5, 0.6) is 5.75 Å². The first-order valence-electron chi connectivity index (χ1n) is 7.72. The summed E-state index contributed by atoms with van der Waals surface area (Å²) >= 11 is 7.78. The summed E-state index contributed by atoms with van der Waals surface area (Å²) in [7, 11) is 1.61. The summed E-state index contributed by atoms with van der Waals surface area (Å²) in [5.41, 5.74) is 0.745. The molecule has 0 unspecified atom stereocenters. The Morgan fingerprint density at radius 1 is 1.04 bits per heavy atom. The van der Waals surface area contributed by atoms with Gasteiger partial charge in [-0.25, -0.2) is 0 Å². The summed E-state index contributed by atoms with van der Waals surface area (Å²) in [6, 6.07) is 19.5. The zero-order chi connectivity index (χ0) is 17.4. The minimum absolute atomic E-state index is 0.208. The molecule has 4 aromatic rings. The van der Waals surface area contributed by atoms with Crippen LogP contribution in [0.3, 0.4) is 0 Å².